The van der Waals surface area contributed by atoms with Gasteiger partial charge in [-0.1, -0.05) is 11.8 Å². The lowest BCUT2D eigenvalue weighted by Gasteiger charge is -1.97. The SMILES string of the molecule is CC1=CC=C(N)C(Cl)C#C1. The van der Waals surface area contributed by atoms with Crippen molar-refractivity contribution in [3.8, 4) is 11.8 Å². The average molecular weight is 154 g/mol. The summed E-state index contributed by atoms with van der Waals surface area (Å²) in [4.78, 5) is 0. The molecule has 1 rings (SSSR count). The first-order valence-corrected chi connectivity index (χ1v) is 3.43. The molecular weight excluding hydrogens is 146 g/mol. The minimum absolute atomic E-state index is 0.325. The molecule has 0 saturated heterocycles. The Labute approximate surface area is 65.6 Å². The number of halogens is 1. The van der Waals surface area contributed by atoms with Crippen LogP contribution in [0, 0.1) is 11.8 Å². The zero-order valence-corrected chi connectivity index (χ0v) is 6.44. The van der Waals surface area contributed by atoms with Crippen LogP contribution in [0.3, 0.4) is 0 Å². The fraction of sp³-hybridized carbons (Fsp3) is 0.250. The number of hydrogen-bond acceptors (Lipinski definition) is 1. The van der Waals surface area contributed by atoms with Crippen LogP contribution >= 0.6 is 11.6 Å². The summed E-state index contributed by atoms with van der Waals surface area (Å²) in [5, 5.41) is -0.325. The fourth-order valence-electron chi connectivity index (χ4n) is 0.608. The van der Waals surface area contributed by atoms with Gasteiger partial charge in [-0.05, 0) is 24.6 Å². The van der Waals surface area contributed by atoms with Gasteiger partial charge in [0.25, 0.3) is 0 Å². The molecule has 2 heteroatoms. The number of nitrogens with two attached hydrogens (primary N) is 1. The van der Waals surface area contributed by atoms with Crippen LogP contribution in [0.5, 0.6) is 0 Å². The number of allylic oxidation sites excluding steroid dienone is 4. The lowest BCUT2D eigenvalue weighted by molar-refractivity contribution is 1.21. The number of hydrogen-bond donors (Lipinski definition) is 1. The molecule has 0 radical (unpaired) electrons. The maximum Gasteiger partial charge on any atom is 0.134 e. The molecular formula is C8H8ClN. The Bertz CT molecular complexity index is 252. The smallest absolute Gasteiger partial charge is 0.134 e. The van der Waals surface area contributed by atoms with Gasteiger partial charge in [0.1, 0.15) is 5.38 Å². The lowest BCUT2D eigenvalue weighted by atomic mass is 10.3. The van der Waals surface area contributed by atoms with Crippen molar-refractivity contribution in [1.82, 2.24) is 0 Å². The van der Waals surface area contributed by atoms with Crippen LogP contribution < -0.4 is 5.73 Å². The minimum Gasteiger partial charge on any atom is -0.400 e. The van der Waals surface area contributed by atoms with E-state index in [-0.39, 0.29) is 5.38 Å². The Hall–Kier alpha value is -0.870. The van der Waals surface area contributed by atoms with Gasteiger partial charge >= 0.3 is 0 Å². The van der Waals surface area contributed by atoms with Gasteiger partial charge in [0.05, 0.1) is 0 Å². The van der Waals surface area contributed by atoms with Gasteiger partial charge in [0.2, 0.25) is 0 Å². The van der Waals surface area contributed by atoms with Gasteiger partial charge in [0, 0.05) is 5.70 Å². The third-order valence-electron chi connectivity index (χ3n) is 1.21. The van der Waals surface area contributed by atoms with Crippen LogP contribution in [-0.2, 0) is 0 Å². The molecule has 1 unspecified atom stereocenters. The summed E-state index contributed by atoms with van der Waals surface area (Å²) in [5.41, 5.74) is 7.13. The molecule has 0 aromatic carbocycles. The van der Waals surface area contributed by atoms with Gasteiger partial charge in [0.15, 0.2) is 0 Å². The van der Waals surface area contributed by atoms with Gasteiger partial charge < -0.3 is 5.73 Å². The van der Waals surface area contributed by atoms with E-state index in [0.29, 0.717) is 5.70 Å². The quantitative estimate of drug-likeness (QED) is 0.413. The highest BCUT2D eigenvalue weighted by molar-refractivity contribution is 6.24. The second-order valence-electron chi connectivity index (χ2n) is 2.15. The van der Waals surface area contributed by atoms with Crippen molar-refractivity contribution in [2.75, 3.05) is 0 Å². The summed E-state index contributed by atoms with van der Waals surface area (Å²) in [6.07, 6.45) is 3.64. The molecule has 0 saturated carbocycles. The van der Waals surface area contributed by atoms with Crippen molar-refractivity contribution in [1.29, 1.82) is 0 Å². The first kappa shape index (κ1) is 7.24. The van der Waals surface area contributed by atoms with Crippen LogP contribution in [0.15, 0.2) is 23.4 Å². The van der Waals surface area contributed by atoms with E-state index in [1.54, 1.807) is 6.08 Å². The standard InChI is InChI=1S/C8H8ClN/c1-6-2-4-7(9)8(10)5-3-6/h3,5,7H,10H2,1H3. The van der Waals surface area contributed by atoms with Crippen molar-refractivity contribution >= 4 is 11.6 Å². The van der Waals surface area contributed by atoms with E-state index in [1.165, 1.54) is 0 Å². The minimum atomic E-state index is -0.325. The Morgan fingerprint density at radius 3 is 3.00 bits per heavy atom. The maximum absolute atomic E-state index is 5.74. The zero-order valence-electron chi connectivity index (χ0n) is 5.69. The van der Waals surface area contributed by atoms with Crippen LogP contribution in [0.2, 0.25) is 0 Å². The van der Waals surface area contributed by atoms with E-state index < -0.39 is 0 Å². The molecule has 1 nitrogen and oxygen atoms in total. The third-order valence-corrected chi connectivity index (χ3v) is 1.58. The van der Waals surface area contributed by atoms with Crippen molar-refractivity contribution in [2.45, 2.75) is 12.3 Å². The highest BCUT2D eigenvalue weighted by Gasteiger charge is 2.03. The Morgan fingerprint density at radius 1 is 1.60 bits per heavy atom. The van der Waals surface area contributed by atoms with Crippen LogP contribution in [0.25, 0.3) is 0 Å². The van der Waals surface area contributed by atoms with Gasteiger partial charge in [-0.25, -0.2) is 0 Å². The third kappa shape index (κ3) is 1.55. The fourth-order valence-corrected chi connectivity index (χ4v) is 0.735. The topological polar surface area (TPSA) is 26.0 Å². The number of rotatable bonds is 0. The molecule has 0 aromatic heterocycles. The maximum atomic E-state index is 5.74. The largest absolute Gasteiger partial charge is 0.400 e. The van der Waals surface area contributed by atoms with E-state index in [9.17, 15) is 0 Å². The molecule has 2 N–H and O–H groups in total. The summed E-state index contributed by atoms with van der Waals surface area (Å²) in [6, 6.07) is 0. The lowest BCUT2D eigenvalue weighted by Crippen LogP contribution is -2.08. The summed E-state index contributed by atoms with van der Waals surface area (Å²) in [6.45, 7) is 1.92. The van der Waals surface area contributed by atoms with E-state index in [1.807, 2.05) is 13.0 Å². The highest BCUT2D eigenvalue weighted by atomic mass is 35.5. The van der Waals surface area contributed by atoms with Crippen molar-refractivity contribution in [3.05, 3.63) is 23.4 Å². The molecule has 0 spiro atoms. The molecule has 1 atom stereocenters. The van der Waals surface area contributed by atoms with E-state index in [2.05, 4.69) is 11.8 Å². The summed E-state index contributed by atoms with van der Waals surface area (Å²) in [5.74, 6) is 5.67. The molecule has 0 aliphatic heterocycles. The summed E-state index contributed by atoms with van der Waals surface area (Å²) < 4.78 is 0. The van der Waals surface area contributed by atoms with Crippen LogP contribution in [-0.4, -0.2) is 5.38 Å². The van der Waals surface area contributed by atoms with Crippen molar-refractivity contribution < 1.29 is 0 Å². The van der Waals surface area contributed by atoms with Gasteiger partial charge in [-0.3, -0.25) is 0 Å². The van der Waals surface area contributed by atoms with Crippen LogP contribution in [0.4, 0.5) is 0 Å². The van der Waals surface area contributed by atoms with Crippen molar-refractivity contribution in [3.63, 3.8) is 0 Å². The van der Waals surface area contributed by atoms with Gasteiger partial charge in [-0.15, -0.1) is 11.6 Å². The van der Waals surface area contributed by atoms with Gasteiger partial charge in [-0.2, -0.15) is 0 Å². The Kier molecular flexibility index (Phi) is 2.03. The van der Waals surface area contributed by atoms with E-state index in [4.69, 9.17) is 17.3 Å². The second kappa shape index (κ2) is 2.81. The monoisotopic (exact) mass is 153 g/mol. The summed E-state index contributed by atoms with van der Waals surface area (Å²) in [7, 11) is 0. The normalized spacial score (nSPS) is 23.6. The molecule has 10 heavy (non-hydrogen) atoms. The molecule has 0 fully saturated rings. The van der Waals surface area contributed by atoms with Crippen LogP contribution in [0.1, 0.15) is 6.92 Å². The van der Waals surface area contributed by atoms with Crippen molar-refractivity contribution in [2.24, 2.45) is 5.73 Å². The first-order chi connectivity index (χ1) is 4.70. The van der Waals surface area contributed by atoms with E-state index >= 15 is 0 Å². The molecule has 0 heterocycles. The predicted octanol–water partition coefficient (Wildman–Crippen LogP) is 1.40. The molecule has 0 aromatic rings. The molecule has 52 valence electrons. The molecule has 1 aliphatic carbocycles. The summed E-state index contributed by atoms with van der Waals surface area (Å²) >= 11 is 5.74. The van der Waals surface area contributed by atoms with E-state index in [0.717, 1.165) is 5.57 Å². The zero-order chi connectivity index (χ0) is 7.56. The predicted molar refractivity (Wildman–Crippen MR) is 43.4 cm³/mol. The molecule has 0 amide bonds. The second-order valence-corrected chi connectivity index (χ2v) is 2.58. The Balaban J connectivity index is 2.95. The first-order valence-electron chi connectivity index (χ1n) is 2.99. The Morgan fingerprint density at radius 2 is 2.30 bits per heavy atom. The molecule has 0 bridgehead atoms. The average Bonchev–Trinajstić information content (AvgIpc) is 2.04. The highest BCUT2D eigenvalue weighted by Crippen LogP contribution is 2.07. The molecule has 1 aliphatic rings. The number of alkyl halides is 1.